The van der Waals surface area contributed by atoms with Crippen LogP contribution >= 0.6 is 0 Å². The molecule has 30 heavy (non-hydrogen) atoms. The first-order valence-electron chi connectivity index (χ1n) is 9.42. The van der Waals surface area contributed by atoms with Gasteiger partial charge in [-0.3, -0.25) is 9.59 Å². The topological polar surface area (TPSA) is 91.2 Å². The lowest BCUT2D eigenvalue weighted by Gasteiger charge is -2.08. The number of anilines is 1. The fourth-order valence-electron chi connectivity index (χ4n) is 2.89. The van der Waals surface area contributed by atoms with Gasteiger partial charge in [-0.25, -0.2) is 0 Å². The number of methoxy groups -OCH3 is 1. The molecule has 0 aromatic heterocycles. The van der Waals surface area contributed by atoms with Gasteiger partial charge in [0.05, 0.1) is 18.7 Å². The summed E-state index contributed by atoms with van der Waals surface area (Å²) in [7, 11) is 1.62. The lowest BCUT2D eigenvalue weighted by Crippen LogP contribution is -2.25. The molecule has 0 aliphatic carbocycles. The monoisotopic (exact) mass is 399 g/mol. The number of nitrogens with zero attached hydrogens (tertiary/aromatic N) is 1. The Kier molecular flexibility index (Phi) is 6.80. The summed E-state index contributed by atoms with van der Waals surface area (Å²) >= 11 is 0. The van der Waals surface area contributed by atoms with Crippen molar-refractivity contribution < 1.29 is 14.3 Å². The van der Waals surface area contributed by atoms with Crippen LogP contribution in [0.4, 0.5) is 5.69 Å². The van der Waals surface area contributed by atoms with Gasteiger partial charge in [-0.2, -0.15) is 5.26 Å². The van der Waals surface area contributed by atoms with Crippen molar-refractivity contribution in [1.29, 1.82) is 5.26 Å². The highest BCUT2D eigenvalue weighted by molar-refractivity contribution is 6.05. The Morgan fingerprint density at radius 3 is 2.33 bits per heavy atom. The summed E-state index contributed by atoms with van der Waals surface area (Å²) in [5.41, 5.74) is 2.98. The molecule has 0 radical (unpaired) electrons. The number of nitrogens with one attached hydrogen (secondary N) is 2. The van der Waals surface area contributed by atoms with Gasteiger partial charge in [0.2, 0.25) is 0 Å². The average Bonchev–Trinajstić information content (AvgIpc) is 2.79. The molecule has 0 unspecified atom stereocenters. The molecule has 6 heteroatoms. The molecule has 0 aliphatic heterocycles. The Labute approximate surface area is 175 Å². The normalized spacial score (nSPS) is 10.0. The third-order valence-corrected chi connectivity index (χ3v) is 4.49. The van der Waals surface area contributed by atoms with Crippen LogP contribution in [0, 0.1) is 11.3 Å². The zero-order chi connectivity index (χ0) is 21.3. The quantitative estimate of drug-likeness (QED) is 0.632. The number of ether oxygens (including phenoxy) is 1. The highest BCUT2D eigenvalue weighted by atomic mass is 16.5. The van der Waals surface area contributed by atoms with Crippen LogP contribution in [-0.2, 0) is 6.42 Å². The van der Waals surface area contributed by atoms with Gasteiger partial charge in [0.25, 0.3) is 11.8 Å². The van der Waals surface area contributed by atoms with Gasteiger partial charge in [-0.1, -0.05) is 18.2 Å². The molecule has 2 N–H and O–H groups in total. The molecular weight excluding hydrogens is 378 g/mol. The van der Waals surface area contributed by atoms with Crippen LogP contribution in [-0.4, -0.2) is 25.5 Å². The molecule has 2 amide bonds. The van der Waals surface area contributed by atoms with Crippen molar-refractivity contribution in [3.63, 3.8) is 0 Å². The van der Waals surface area contributed by atoms with Crippen molar-refractivity contribution in [3.05, 3.63) is 95.1 Å². The number of carbonyl (C=O) groups is 2. The summed E-state index contributed by atoms with van der Waals surface area (Å²) < 4.78 is 5.20. The maximum Gasteiger partial charge on any atom is 0.255 e. The third kappa shape index (κ3) is 5.46. The van der Waals surface area contributed by atoms with E-state index in [1.807, 2.05) is 30.3 Å². The number of hydrogen-bond donors (Lipinski definition) is 2. The zero-order valence-corrected chi connectivity index (χ0v) is 16.5. The van der Waals surface area contributed by atoms with Crippen LogP contribution in [0.2, 0.25) is 0 Å². The molecule has 6 nitrogen and oxygen atoms in total. The van der Waals surface area contributed by atoms with E-state index in [1.165, 1.54) is 0 Å². The molecule has 0 fully saturated rings. The Bertz CT molecular complexity index is 1090. The van der Waals surface area contributed by atoms with Gasteiger partial charge in [0.15, 0.2) is 0 Å². The molecule has 3 aromatic rings. The SMILES string of the molecule is COc1cccc(CCNC(=O)c2ccc(C(=O)Nc3cccc(C#N)c3)cc2)c1. The van der Waals surface area contributed by atoms with E-state index in [1.54, 1.807) is 55.6 Å². The van der Waals surface area contributed by atoms with E-state index in [-0.39, 0.29) is 11.8 Å². The van der Waals surface area contributed by atoms with Crippen LogP contribution in [0.15, 0.2) is 72.8 Å². The molecule has 0 saturated carbocycles. The minimum absolute atomic E-state index is 0.202. The summed E-state index contributed by atoms with van der Waals surface area (Å²) in [6.07, 6.45) is 0.686. The summed E-state index contributed by atoms with van der Waals surface area (Å²) in [5, 5.41) is 14.6. The molecule has 0 atom stereocenters. The molecule has 0 heterocycles. The molecule has 0 bridgehead atoms. The zero-order valence-electron chi connectivity index (χ0n) is 16.5. The molecular formula is C24H21N3O3. The molecule has 0 spiro atoms. The lowest BCUT2D eigenvalue weighted by molar-refractivity contribution is 0.0952. The Hall–Kier alpha value is -4.11. The second kappa shape index (κ2) is 9.89. The van der Waals surface area contributed by atoms with Crippen LogP contribution in [0.3, 0.4) is 0 Å². The standard InChI is InChI=1S/C24H21N3O3/c1-30-22-7-3-4-17(15-22)12-13-26-23(28)19-8-10-20(11-9-19)24(29)27-21-6-2-5-18(14-21)16-25/h2-11,14-15H,12-13H2,1H3,(H,26,28)(H,27,29). The van der Waals surface area contributed by atoms with Crippen molar-refractivity contribution in [2.24, 2.45) is 0 Å². The number of amides is 2. The minimum Gasteiger partial charge on any atom is -0.497 e. The molecule has 0 aliphatic rings. The molecule has 3 rings (SSSR count). The summed E-state index contributed by atoms with van der Waals surface area (Å²) in [4.78, 5) is 24.7. The second-order valence-corrected chi connectivity index (χ2v) is 6.58. The Morgan fingerprint density at radius 1 is 0.933 bits per heavy atom. The summed E-state index contributed by atoms with van der Waals surface area (Å²) in [6, 6.07) is 22.8. The van der Waals surface area contributed by atoms with Gasteiger partial charge in [-0.05, 0) is 66.6 Å². The average molecular weight is 399 g/mol. The predicted octanol–water partition coefficient (Wildman–Crippen LogP) is 3.79. The largest absolute Gasteiger partial charge is 0.497 e. The van der Waals surface area contributed by atoms with Crippen LogP contribution in [0.1, 0.15) is 31.8 Å². The molecule has 3 aromatic carbocycles. The highest BCUT2D eigenvalue weighted by Gasteiger charge is 2.09. The van der Waals surface area contributed by atoms with E-state index in [0.29, 0.717) is 35.3 Å². The summed E-state index contributed by atoms with van der Waals surface area (Å²) in [5.74, 6) is 0.272. The van der Waals surface area contributed by atoms with Crippen LogP contribution in [0.25, 0.3) is 0 Å². The van der Waals surface area contributed by atoms with E-state index in [4.69, 9.17) is 10.00 Å². The number of benzene rings is 3. The fraction of sp³-hybridized carbons (Fsp3) is 0.125. The van der Waals surface area contributed by atoms with Crippen LogP contribution in [0.5, 0.6) is 5.75 Å². The van der Waals surface area contributed by atoms with E-state index < -0.39 is 0 Å². The first-order valence-corrected chi connectivity index (χ1v) is 9.42. The summed E-state index contributed by atoms with van der Waals surface area (Å²) in [6.45, 7) is 0.490. The maximum atomic E-state index is 12.4. The fourth-order valence-corrected chi connectivity index (χ4v) is 2.89. The van der Waals surface area contributed by atoms with Crippen molar-refractivity contribution in [1.82, 2.24) is 5.32 Å². The lowest BCUT2D eigenvalue weighted by atomic mass is 10.1. The predicted molar refractivity (Wildman–Crippen MR) is 115 cm³/mol. The smallest absolute Gasteiger partial charge is 0.255 e. The van der Waals surface area contributed by atoms with Gasteiger partial charge in [-0.15, -0.1) is 0 Å². The Balaban J connectivity index is 1.54. The van der Waals surface area contributed by atoms with Crippen LogP contribution < -0.4 is 15.4 Å². The van der Waals surface area contributed by atoms with Crippen molar-refractivity contribution in [3.8, 4) is 11.8 Å². The van der Waals surface area contributed by atoms with E-state index in [2.05, 4.69) is 10.6 Å². The van der Waals surface area contributed by atoms with Crippen molar-refractivity contribution in [2.75, 3.05) is 19.0 Å². The molecule has 0 saturated heterocycles. The maximum absolute atomic E-state index is 12.4. The van der Waals surface area contributed by atoms with Crippen molar-refractivity contribution in [2.45, 2.75) is 6.42 Å². The Morgan fingerprint density at radius 2 is 1.63 bits per heavy atom. The second-order valence-electron chi connectivity index (χ2n) is 6.58. The van der Waals surface area contributed by atoms with Gasteiger partial charge in [0, 0.05) is 23.4 Å². The van der Waals surface area contributed by atoms with E-state index in [0.717, 1.165) is 11.3 Å². The highest BCUT2D eigenvalue weighted by Crippen LogP contribution is 2.14. The van der Waals surface area contributed by atoms with E-state index >= 15 is 0 Å². The number of hydrogen-bond acceptors (Lipinski definition) is 4. The number of carbonyl (C=O) groups excluding carboxylic acids is 2. The number of nitriles is 1. The third-order valence-electron chi connectivity index (χ3n) is 4.49. The first-order chi connectivity index (χ1) is 14.6. The van der Waals surface area contributed by atoms with Gasteiger partial charge >= 0.3 is 0 Å². The minimum atomic E-state index is -0.310. The van der Waals surface area contributed by atoms with Crippen molar-refractivity contribution >= 4 is 17.5 Å². The van der Waals surface area contributed by atoms with Gasteiger partial charge in [0.1, 0.15) is 5.75 Å². The first kappa shape index (κ1) is 20.6. The number of rotatable bonds is 7. The molecule has 150 valence electrons. The van der Waals surface area contributed by atoms with E-state index in [9.17, 15) is 9.59 Å². The van der Waals surface area contributed by atoms with Gasteiger partial charge < -0.3 is 15.4 Å².